The fraction of sp³-hybridized carbons (Fsp3) is 0.400. The van der Waals surface area contributed by atoms with E-state index in [4.69, 9.17) is 4.74 Å². The van der Waals surface area contributed by atoms with Crippen molar-refractivity contribution in [3.05, 3.63) is 64.7 Å². The van der Waals surface area contributed by atoms with Gasteiger partial charge in [0.15, 0.2) is 0 Å². The Morgan fingerprint density at radius 2 is 1.66 bits per heavy atom. The lowest BCUT2D eigenvalue weighted by molar-refractivity contribution is -0.128. The molecule has 3 amide bonds. The molecule has 0 bridgehead atoms. The molecule has 2 aromatic rings. The molecule has 0 radical (unpaired) electrons. The summed E-state index contributed by atoms with van der Waals surface area (Å²) in [5.41, 5.74) is 4.07. The highest BCUT2D eigenvalue weighted by Crippen LogP contribution is 2.25. The Hall–Kier alpha value is -3.35. The van der Waals surface area contributed by atoms with E-state index in [1.165, 1.54) is 4.90 Å². The van der Waals surface area contributed by atoms with Crippen molar-refractivity contribution in [3.8, 4) is 0 Å². The van der Waals surface area contributed by atoms with Gasteiger partial charge in [-0.1, -0.05) is 30.3 Å². The van der Waals surface area contributed by atoms with Crippen LogP contribution in [0.15, 0.2) is 42.5 Å². The van der Waals surface area contributed by atoms with Crippen LogP contribution in [0, 0.1) is 13.8 Å². The summed E-state index contributed by atoms with van der Waals surface area (Å²) < 4.78 is 5.53. The Balaban J connectivity index is 1.69. The first-order valence-corrected chi connectivity index (χ1v) is 10.7. The Kier molecular flexibility index (Phi) is 6.87. The molecule has 2 aromatic carbocycles. The third kappa shape index (κ3) is 6.09. The number of nitrogens with one attached hydrogen (secondary N) is 2. The molecule has 2 N–H and O–H groups in total. The molecule has 7 heteroatoms. The van der Waals surface area contributed by atoms with E-state index in [0.29, 0.717) is 12.1 Å². The summed E-state index contributed by atoms with van der Waals surface area (Å²) >= 11 is 0. The molecule has 1 heterocycles. The van der Waals surface area contributed by atoms with Crippen molar-refractivity contribution < 1.29 is 19.1 Å². The van der Waals surface area contributed by atoms with Crippen LogP contribution in [-0.2, 0) is 27.3 Å². The van der Waals surface area contributed by atoms with Crippen molar-refractivity contribution >= 4 is 23.6 Å². The minimum absolute atomic E-state index is 0.188. The van der Waals surface area contributed by atoms with E-state index in [9.17, 15) is 14.4 Å². The summed E-state index contributed by atoms with van der Waals surface area (Å²) in [7, 11) is 0. The summed E-state index contributed by atoms with van der Waals surface area (Å²) in [6.45, 7) is 9.36. The van der Waals surface area contributed by atoms with Gasteiger partial charge in [0.05, 0.1) is 13.1 Å². The van der Waals surface area contributed by atoms with E-state index in [-0.39, 0.29) is 24.9 Å². The lowest BCUT2D eigenvalue weighted by Crippen LogP contribution is -2.54. The third-order valence-corrected chi connectivity index (χ3v) is 5.11. The fourth-order valence-electron chi connectivity index (χ4n) is 3.81. The standard InChI is InChI=1S/C25H31N3O4/c1-16-10-17(2)12-20(11-16)27-22(29)14-26-23(30)21-13-18-8-6-7-9-19(18)15-28(21)24(31)32-25(3,4)5/h6-12,21H,13-15H2,1-5H3,(H,26,30)(H,27,29)/t21-/m0/s1. The number of aryl methyl sites for hydroxylation is 2. The van der Waals surface area contributed by atoms with E-state index < -0.39 is 17.7 Å². The van der Waals surface area contributed by atoms with Gasteiger partial charge in [0.1, 0.15) is 11.6 Å². The first kappa shape index (κ1) is 23.3. The lowest BCUT2D eigenvalue weighted by atomic mass is 9.94. The lowest BCUT2D eigenvalue weighted by Gasteiger charge is -2.36. The zero-order valence-corrected chi connectivity index (χ0v) is 19.3. The molecule has 1 aliphatic rings. The number of rotatable bonds is 4. The van der Waals surface area contributed by atoms with Gasteiger partial charge < -0.3 is 15.4 Å². The maximum atomic E-state index is 13.0. The molecule has 3 rings (SSSR count). The Bertz CT molecular complexity index is 1010. The summed E-state index contributed by atoms with van der Waals surface area (Å²) in [6, 6.07) is 12.7. The number of benzene rings is 2. The van der Waals surface area contributed by atoms with Crippen LogP contribution in [0.1, 0.15) is 43.0 Å². The van der Waals surface area contributed by atoms with Crippen molar-refractivity contribution in [2.45, 2.75) is 59.2 Å². The molecule has 0 aromatic heterocycles. The van der Waals surface area contributed by atoms with Crippen molar-refractivity contribution in [1.82, 2.24) is 10.2 Å². The van der Waals surface area contributed by atoms with E-state index in [2.05, 4.69) is 10.6 Å². The van der Waals surface area contributed by atoms with E-state index in [1.807, 2.05) is 56.3 Å². The normalized spacial score (nSPS) is 15.5. The van der Waals surface area contributed by atoms with Gasteiger partial charge in [-0.2, -0.15) is 0 Å². The van der Waals surface area contributed by atoms with Crippen molar-refractivity contribution in [2.75, 3.05) is 11.9 Å². The zero-order chi connectivity index (χ0) is 23.5. The van der Waals surface area contributed by atoms with Crippen molar-refractivity contribution in [3.63, 3.8) is 0 Å². The molecular weight excluding hydrogens is 406 g/mol. The quantitative estimate of drug-likeness (QED) is 0.763. The summed E-state index contributed by atoms with van der Waals surface area (Å²) in [5, 5.41) is 5.48. The SMILES string of the molecule is Cc1cc(C)cc(NC(=O)CNC(=O)[C@@H]2Cc3ccccc3CN2C(=O)OC(C)(C)C)c1. The van der Waals surface area contributed by atoms with Gasteiger partial charge in [-0.15, -0.1) is 0 Å². The number of nitrogens with zero attached hydrogens (tertiary/aromatic N) is 1. The van der Waals surface area contributed by atoms with Crippen LogP contribution >= 0.6 is 0 Å². The third-order valence-electron chi connectivity index (χ3n) is 5.11. The highest BCUT2D eigenvalue weighted by Gasteiger charge is 2.37. The van der Waals surface area contributed by atoms with Gasteiger partial charge in [-0.3, -0.25) is 14.5 Å². The molecule has 7 nitrogen and oxygen atoms in total. The minimum Gasteiger partial charge on any atom is -0.444 e. The van der Waals surface area contributed by atoms with Gasteiger partial charge in [0.2, 0.25) is 11.8 Å². The fourth-order valence-corrected chi connectivity index (χ4v) is 3.81. The molecule has 0 saturated carbocycles. The van der Waals surface area contributed by atoms with Gasteiger partial charge >= 0.3 is 6.09 Å². The summed E-state index contributed by atoms with van der Waals surface area (Å²) in [6.07, 6.45) is -0.188. The molecule has 1 atom stereocenters. The number of carbonyl (C=O) groups excluding carboxylic acids is 3. The zero-order valence-electron chi connectivity index (χ0n) is 19.3. The number of ether oxygens (including phenoxy) is 1. The molecule has 0 fully saturated rings. The molecular formula is C25H31N3O4. The van der Waals surface area contributed by atoms with E-state index in [0.717, 1.165) is 22.3 Å². The smallest absolute Gasteiger partial charge is 0.411 e. The maximum absolute atomic E-state index is 13.0. The molecule has 0 aliphatic carbocycles. The van der Waals surface area contributed by atoms with Gasteiger partial charge in [-0.05, 0) is 69.0 Å². The second-order valence-corrected chi connectivity index (χ2v) is 9.24. The molecule has 0 saturated heterocycles. The van der Waals surface area contributed by atoms with Crippen LogP contribution in [0.2, 0.25) is 0 Å². The number of hydrogen-bond donors (Lipinski definition) is 2. The summed E-state index contributed by atoms with van der Waals surface area (Å²) in [4.78, 5) is 39.7. The van der Waals surface area contributed by atoms with Gasteiger partial charge in [0.25, 0.3) is 0 Å². The van der Waals surface area contributed by atoms with E-state index >= 15 is 0 Å². The maximum Gasteiger partial charge on any atom is 0.411 e. The van der Waals surface area contributed by atoms with Crippen LogP contribution < -0.4 is 10.6 Å². The monoisotopic (exact) mass is 437 g/mol. The topological polar surface area (TPSA) is 87.7 Å². The number of fused-ring (bicyclic) bond motifs is 1. The first-order valence-electron chi connectivity index (χ1n) is 10.7. The average molecular weight is 438 g/mol. The first-order chi connectivity index (χ1) is 15.0. The molecule has 32 heavy (non-hydrogen) atoms. The number of anilines is 1. The average Bonchev–Trinajstić information content (AvgIpc) is 2.69. The van der Waals surface area contributed by atoms with Gasteiger partial charge in [-0.25, -0.2) is 4.79 Å². The molecule has 0 spiro atoms. The van der Waals surface area contributed by atoms with Crippen LogP contribution in [0.5, 0.6) is 0 Å². The number of carbonyl (C=O) groups is 3. The van der Waals surface area contributed by atoms with Crippen molar-refractivity contribution in [2.24, 2.45) is 0 Å². The summed E-state index contributed by atoms with van der Waals surface area (Å²) in [5.74, 6) is -0.718. The van der Waals surface area contributed by atoms with E-state index in [1.54, 1.807) is 20.8 Å². The van der Waals surface area contributed by atoms with Crippen LogP contribution in [0.4, 0.5) is 10.5 Å². The van der Waals surface area contributed by atoms with Crippen LogP contribution in [-0.4, -0.2) is 41.0 Å². The predicted molar refractivity (Wildman–Crippen MR) is 123 cm³/mol. The Morgan fingerprint density at radius 3 is 2.28 bits per heavy atom. The minimum atomic E-state index is -0.756. The number of amides is 3. The number of hydrogen-bond acceptors (Lipinski definition) is 4. The highest BCUT2D eigenvalue weighted by atomic mass is 16.6. The van der Waals surface area contributed by atoms with Gasteiger partial charge in [0, 0.05) is 12.1 Å². The molecule has 170 valence electrons. The second kappa shape index (κ2) is 9.42. The largest absolute Gasteiger partial charge is 0.444 e. The second-order valence-electron chi connectivity index (χ2n) is 9.24. The van der Waals surface area contributed by atoms with Crippen LogP contribution in [0.3, 0.4) is 0 Å². The van der Waals surface area contributed by atoms with Crippen LogP contribution in [0.25, 0.3) is 0 Å². The highest BCUT2D eigenvalue weighted by molar-refractivity contribution is 5.96. The molecule has 0 unspecified atom stereocenters. The predicted octanol–water partition coefficient (Wildman–Crippen LogP) is 3.72. The molecule has 1 aliphatic heterocycles. The Labute approximate surface area is 189 Å². The van der Waals surface area contributed by atoms with Crippen molar-refractivity contribution in [1.29, 1.82) is 0 Å². The Morgan fingerprint density at radius 1 is 1.03 bits per heavy atom.